The molecule has 1 heterocycles. The van der Waals surface area contributed by atoms with Crippen molar-refractivity contribution in [3.8, 4) is 0 Å². The molecule has 0 saturated carbocycles. The Morgan fingerprint density at radius 1 is 0.737 bits per heavy atom. The first-order valence-electron chi connectivity index (χ1n) is 11.7. The Morgan fingerprint density at radius 2 is 1.39 bits per heavy atom. The zero-order chi connectivity index (χ0) is 27.1. The monoisotopic (exact) mass is 506 g/mol. The fraction of sp³-hybridized carbons (Fsp3) is 0.0690. The fourth-order valence-corrected chi connectivity index (χ4v) is 3.51. The second-order valence-corrected chi connectivity index (χ2v) is 8.50. The van der Waals surface area contributed by atoms with Gasteiger partial charge in [0, 0.05) is 28.2 Å². The predicted molar refractivity (Wildman–Crippen MR) is 149 cm³/mol. The number of aryl methyl sites for hydroxylation is 2. The number of amides is 3. The molecule has 9 heteroatoms. The first-order chi connectivity index (χ1) is 18.3. The SMILES string of the molecule is C=CC(=O)Nc1cccc(Nc2ncc(NC(=O)c3cc(NC(=O)c4ccc(C)cc4)ccc3C)cn2)c1. The van der Waals surface area contributed by atoms with Crippen molar-refractivity contribution < 1.29 is 14.4 Å². The Hall–Kier alpha value is -5.31. The summed E-state index contributed by atoms with van der Waals surface area (Å²) in [5.74, 6) is -0.616. The Balaban J connectivity index is 1.40. The van der Waals surface area contributed by atoms with Gasteiger partial charge < -0.3 is 21.3 Å². The molecule has 0 aliphatic carbocycles. The van der Waals surface area contributed by atoms with Crippen LogP contribution in [0.3, 0.4) is 0 Å². The summed E-state index contributed by atoms with van der Waals surface area (Å²) in [5.41, 5.74) is 4.92. The largest absolute Gasteiger partial charge is 0.324 e. The van der Waals surface area contributed by atoms with Crippen LogP contribution in [0, 0.1) is 13.8 Å². The molecule has 9 nitrogen and oxygen atoms in total. The van der Waals surface area contributed by atoms with E-state index >= 15 is 0 Å². The molecule has 3 aromatic carbocycles. The van der Waals surface area contributed by atoms with Gasteiger partial charge in [0.15, 0.2) is 0 Å². The van der Waals surface area contributed by atoms with Crippen LogP contribution in [0.15, 0.2) is 91.8 Å². The molecule has 0 aliphatic heterocycles. The van der Waals surface area contributed by atoms with Crippen molar-refractivity contribution in [3.63, 3.8) is 0 Å². The molecule has 4 rings (SSSR count). The van der Waals surface area contributed by atoms with Crippen LogP contribution >= 0.6 is 0 Å². The third-order valence-corrected chi connectivity index (χ3v) is 5.54. The maximum absolute atomic E-state index is 13.0. The van der Waals surface area contributed by atoms with Crippen LogP contribution < -0.4 is 21.3 Å². The van der Waals surface area contributed by atoms with Gasteiger partial charge in [-0.15, -0.1) is 0 Å². The molecule has 0 fully saturated rings. The van der Waals surface area contributed by atoms with Crippen molar-refractivity contribution in [2.24, 2.45) is 0 Å². The number of carbonyl (C=O) groups excluding carboxylic acids is 3. The zero-order valence-corrected chi connectivity index (χ0v) is 20.9. The maximum Gasteiger partial charge on any atom is 0.256 e. The molecular weight excluding hydrogens is 480 g/mol. The van der Waals surface area contributed by atoms with E-state index in [-0.39, 0.29) is 17.7 Å². The molecule has 0 saturated heterocycles. The predicted octanol–water partition coefficient (Wildman–Crippen LogP) is 5.47. The molecule has 0 radical (unpaired) electrons. The summed E-state index contributed by atoms with van der Waals surface area (Å²) in [4.78, 5) is 45.5. The smallest absolute Gasteiger partial charge is 0.256 e. The van der Waals surface area contributed by atoms with Crippen molar-refractivity contribution in [2.75, 3.05) is 21.3 Å². The van der Waals surface area contributed by atoms with E-state index in [0.29, 0.717) is 39.8 Å². The summed E-state index contributed by atoms with van der Waals surface area (Å²) in [5, 5.41) is 11.3. The van der Waals surface area contributed by atoms with Crippen LogP contribution in [0.2, 0.25) is 0 Å². The van der Waals surface area contributed by atoms with Crippen LogP contribution in [-0.2, 0) is 4.79 Å². The molecule has 1 aromatic heterocycles. The van der Waals surface area contributed by atoms with E-state index < -0.39 is 0 Å². The van der Waals surface area contributed by atoms with E-state index in [9.17, 15) is 14.4 Å². The molecule has 0 unspecified atom stereocenters. The summed E-state index contributed by atoms with van der Waals surface area (Å²) >= 11 is 0. The van der Waals surface area contributed by atoms with Crippen molar-refractivity contribution in [3.05, 3.63) is 114 Å². The van der Waals surface area contributed by atoms with Gasteiger partial charge in [-0.3, -0.25) is 14.4 Å². The van der Waals surface area contributed by atoms with Gasteiger partial charge in [-0.2, -0.15) is 0 Å². The lowest BCUT2D eigenvalue weighted by Gasteiger charge is -2.11. The topological polar surface area (TPSA) is 125 Å². The second kappa shape index (κ2) is 11.6. The van der Waals surface area contributed by atoms with E-state index in [2.05, 4.69) is 37.8 Å². The van der Waals surface area contributed by atoms with Crippen molar-refractivity contribution >= 4 is 46.4 Å². The van der Waals surface area contributed by atoms with Crippen LogP contribution in [0.1, 0.15) is 31.8 Å². The number of anilines is 5. The highest BCUT2D eigenvalue weighted by Crippen LogP contribution is 2.20. The van der Waals surface area contributed by atoms with Gasteiger partial charge in [-0.05, 0) is 68.0 Å². The normalized spacial score (nSPS) is 10.3. The summed E-state index contributed by atoms with van der Waals surface area (Å²) in [6.45, 7) is 7.20. The lowest BCUT2D eigenvalue weighted by molar-refractivity contribution is -0.111. The summed E-state index contributed by atoms with van der Waals surface area (Å²) in [6, 6.07) is 19.4. The van der Waals surface area contributed by atoms with Gasteiger partial charge in [0.25, 0.3) is 11.8 Å². The van der Waals surface area contributed by atoms with Crippen LogP contribution in [0.4, 0.5) is 28.7 Å². The zero-order valence-electron chi connectivity index (χ0n) is 20.9. The molecular formula is C29H26N6O3. The summed E-state index contributed by atoms with van der Waals surface area (Å²) in [7, 11) is 0. The number of carbonyl (C=O) groups is 3. The van der Waals surface area contributed by atoms with E-state index in [1.54, 1.807) is 54.6 Å². The average Bonchev–Trinajstić information content (AvgIpc) is 2.91. The third-order valence-electron chi connectivity index (χ3n) is 5.54. The number of nitrogens with one attached hydrogen (secondary N) is 4. The lowest BCUT2D eigenvalue weighted by Crippen LogP contribution is -2.16. The Bertz CT molecular complexity index is 1500. The van der Waals surface area contributed by atoms with Crippen LogP contribution in [0.25, 0.3) is 0 Å². The van der Waals surface area contributed by atoms with Gasteiger partial charge in [0.2, 0.25) is 11.9 Å². The van der Waals surface area contributed by atoms with E-state index in [0.717, 1.165) is 11.1 Å². The van der Waals surface area contributed by atoms with Gasteiger partial charge in [0.05, 0.1) is 18.1 Å². The molecule has 3 amide bonds. The molecule has 0 bridgehead atoms. The summed E-state index contributed by atoms with van der Waals surface area (Å²) < 4.78 is 0. The lowest BCUT2D eigenvalue weighted by atomic mass is 10.1. The molecule has 4 aromatic rings. The number of nitrogens with zero attached hydrogens (tertiary/aromatic N) is 2. The highest BCUT2D eigenvalue weighted by Gasteiger charge is 2.13. The maximum atomic E-state index is 13.0. The van der Waals surface area contributed by atoms with Gasteiger partial charge in [0.1, 0.15) is 0 Å². The summed E-state index contributed by atoms with van der Waals surface area (Å²) in [6.07, 6.45) is 4.15. The Morgan fingerprint density at radius 3 is 2.11 bits per heavy atom. The quantitative estimate of drug-likeness (QED) is 0.235. The minimum atomic E-state index is -0.357. The molecule has 0 atom stereocenters. The van der Waals surface area contributed by atoms with E-state index in [1.807, 2.05) is 26.0 Å². The standard InChI is InChI=1S/C29H26N6O3/c1-4-26(36)32-21-6-5-7-22(14-21)35-29-30-16-24(17-31-29)34-28(38)25-15-23(13-10-19(25)3)33-27(37)20-11-8-18(2)9-12-20/h4-17H,1H2,2-3H3,(H,32,36)(H,33,37)(H,34,38)(H,30,31,35). The molecule has 0 aliphatic rings. The highest BCUT2D eigenvalue weighted by molar-refractivity contribution is 6.08. The third kappa shape index (κ3) is 6.67. The fourth-order valence-electron chi connectivity index (χ4n) is 3.51. The number of rotatable bonds is 8. The van der Waals surface area contributed by atoms with Gasteiger partial charge in [-0.25, -0.2) is 9.97 Å². The first-order valence-corrected chi connectivity index (χ1v) is 11.7. The Kier molecular flexibility index (Phi) is 7.88. The average molecular weight is 507 g/mol. The highest BCUT2D eigenvalue weighted by atomic mass is 16.2. The number of benzene rings is 3. The molecule has 38 heavy (non-hydrogen) atoms. The van der Waals surface area contributed by atoms with Crippen molar-refractivity contribution in [1.82, 2.24) is 9.97 Å². The number of aromatic nitrogens is 2. The second-order valence-electron chi connectivity index (χ2n) is 8.50. The van der Waals surface area contributed by atoms with E-state index in [4.69, 9.17) is 0 Å². The van der Waals surface area contributed by atoms with Crippen LogP contribution in [0.5, 0.6) is 0 Å². The number of hydrogen-bond acceptors (Lipinski definition) is 6. The van der Waals surface area contributed by atoms with Gasteiger partial charge in [-0.1, -0.05) is 36.4 Å². The first kappa shape index (κ1) is 25.8. The molecule has 0 spiro atoms. The van der Waals surface area contributed by atoms with Gasteiger partial charge >= 0.3 is 0 Å². The minimum absolute atomic E-state index is 0.259. The minimum Gasteiger partial charge on any atom is -0.324 e. The Labute approximate surface area is 220 Å². The molecule has 4 N–H and O–H groups in total. The van der Waals surface area contributed by atoms with E-state index in [1.165, 1.54) is 18.5 Å². The van der Waals surface area contributed by atoms with Crippen molar-refractivity contribution in [1.29, 1.82) is 0 Å². The molecule has 190 valence electrons. The van der Waals surface area contributed by atoms with Crippen molar-refractivity contribution in [2.45, 2.75) is 13.8 Å². The van der Waals surface area contributed by atoms with Crippen LogP contribution in [-0.4, -0.2) is 27.7 Å². The number of hydrogen-bond donors (Lipinski definition) is 4.